The number of hydrogen-bond donors (Lipinski definition) is 1. The van der Waals surface area contributed by atoms with Crippen molar-refractivity contribution in [3.05, 3.63) is 42.0 Å². The van der Waals surface area contributed by atoms with Crippen LogP contribution < -0.4 is 5.32 Å². The Hall–Kier alpha value is -1.80. The Labute approximate surface area is 127 Å². The zero-order valence-electron chi connectivity index (χ0n) is 11.2. The molecule has 5 nitrogen and oxygen atoms in total. The van der Waals surface area contributed by atoms with Gasteiger partial charge in [-0.1, -0.05) is 23.5 Å². The molecule has 0 spiro atoms. The fraction of sp³-hybridized carbons (Fsp3) is 0.231. The highest BCUT2D eigenvalue weighted by Gasteiger charge is 2.10. The zero-order valence-corrected chi connectivity index (χ0v) is 12.9. The van der Waals surface area contributed by atoms with Crippen molar-refractivity contribution in [3.63, 3.8) is 0 Å². The first kappa shape index (κ1) is 14.2. The van der Waals surface area contributed by atoms with E-state index in [1.54, 1.807) is 22.7 Å². The molecule has 2 aromatic heterocycles. The van der Waals surface area contributed by atoms with Crippen molar-refractivity contribution in [2.24, 2.45) is 0 Å². The van der Waals surface area contributed by atoms with E-state index in [4.69, 9.17) is 0 Å². The van der Waals surface area contributed by atoms with Crippen molar-refractivity contribution >= 4 is 32.2 Å². The summed E-state index contributed by atoms with van der Waals surface area (Å²) >= 11 is 1.43. The minimum Gasteiger partial charge on any atom is -0.359 e. The lowest BCUT2D eigenvalue weighted by Gasteiger charge is -2.04. The number of nitrogens with one attached hydrogen (secondary N) is 1. The van der Waals surface area contributed by atoms with Gasteiger partial charge < -0.3 is 5.32 Å². The third kappa shape index (κ3) is 3.11. The van der Waals surface area contributed by atoms with Crippen molar-refractivity contribution in [3.8, 4) is 0 Å². The molecule has 1 aromatic carbocycles. The summed E-state index contributed by atoms with van der Waals surface area (Å²) < 4.78 is 27.2. The van der Waals surface area contributed by atoms with Gasteiger partial charge in [-0.25, -0.2) is 13.9 Å². The molecule has 0 saturated heterocycles. The quantitative estimate of drug-likeness (QED) is 0.783. The second kappa shape index (κ2) is 5.90. The first-order chi connectivity index (χ1) is 10.1. The predicted octanol–water partition coefficient (Wildman–Crippen LogP) is 2.46. The Morgan fingerprint density at radius 2 is 2.24 bits per heavy atom. The number of nitrogens with zero attached hydrogens (tertiary/aromatic N) is 3. The van der Waals surface area contributed by atoms with E-state index in [2.05, 4.69) is 15.4 Å². The number of aryl methyl sites for hydroxylation is 1. The van der Waals surface area contributed by atoms with Crippen molar-refractivity contribution in [2.75, 3.05) is 17.6 Å². The van der Waals surface area contributed by atoms with Crippen molar-refractivity contribution < 1.29 is 8.60 Å². The molecule has 110 valence electrons. The molecule has 0 saturated carbocycles. The smallest absolute Gasteiger partial charge is 0.214 e. The van der Waals surface area contributed by atoms with Crippen LogP contribution >= 0.6 is 11.3 Å². The number of halogens is 1. The Balaban J connectivity index is 1.59. The molecule has 8 heteroatoms. The molecule has 0 radical (unpaired) electrons. The minimum absolute atomic E-state index is 0.240. The number of hydrogen-bond acceptors (Lipinski definition) is 5. The summed E-state index contributed by atoms with van der Waals surface area (Å²) in [7, 11) is -1.36. The van der Waals surface area contributed by atoms with Crippen LogP contribution in [-0.4, -0.2) is 31.1 Å². The maximum atomic E-state index is 13.5. The number of imidazole rings is 1. The number of anilines is 1. The van der Waals surface area contributed by atoms with E-state index in [-0.39, 0.29) is 4.90 Å². The molecule has 0 unspecified atom stereocenters. The van der Waals surface area contributed by atoms with E-state index in [1.165, 1.54) is 17.4 Å². The van der Waals surface area contributed by atoms with E-state index in [0.717, 1.165) is 10.7 Å². The third-order valence-corrected chi connectivity index (χ3v) is 5.09. The normalized spacial score (nSPS) is 12.7. The lowest BCUT2D eigenvalue weighted by molar-refractivity contribution is 0.595. The standard InChI is InChI=1S/C13H13FN4OS2/c1-9-8-18-13(16-9)20-12(17-18)15-6-7-21(19)11-5-3-2-4-10(11)14/h2-5,8H,6-7H2,1H3,(H,15,17)/t21-/m0/s1. The van der Waals surface area contributed by atoms with Gasteiger partial charge in [-0.3, -0.25) is 4.21 Å². The highest BCUT2D eigenvalue weighted by atomic mass is 32.2. The number of rotatable bonds is 5. The van der Waals surface area contributed by atoms with E-state index >= 15 is 0 Å². The van der Waals surface area contributed by atoms with Gasteiger partial charge in [0.25, 0.3) is 0 Å². The molecule has 0 amide bonds. The van der Waals surface area contributed by atoms with E-state index < -0.39 is 16.6 Å². The number of aromatic nitrogens is 3. The zero-order chi connectivity index (χ0) is 14.8. The third-order valence-electron chi connectivity index (χ3n) is 2.81. The summed E-state index contributed by atoms with van der Waals surface area (Å²) in [6, 6.07) is 6.13. The van der Waals surface area contributed by atoms with Gasteiger partial charge in [0.15, 0.2) is 0 Å². The van der Waals surface area contributed by atoms with E-state index in [0.29, 0.717) is 17.4 Å². The Kier molecular flexibility index (Phi) is 3.98. The monoisotopic (exact) mass is 324 g/mol. The predicted molar refractivity (Wildman–Crippen MR) is 81.8 cm³/mol. The molecule has 0 aliphatic rings. The maximum Gasteiger partial charge on any atom is 0.214 e. The van der Waals surface area contributed by atoms with Crippen LogP contribution in [0.5, 0.6) is 0 Å². The molecule has 0 aliphatic carbocycles. The van der Waals surface area contributed by atoms with Gasteiger partial charge in [-0.05, 0) is 19.1 Å². The summed E-state index contributed by atoms with van der Waals surface area (Å²) in [5.41, 5.74) is 0.918. The number of benzene rings is 1. The summed E-state index contributed by atoms with van der Waals surface area (Å²) in [4.78, 5) is 5.36. The molecule has 0 bridgehead atoms. The fourth-order valence-corrected chi connectivity index (χ4v) is 3.75. The van der Waals surface area contributed by atoms with Gasteiger partial charge >= 0.3 is 0 Å². The van der Waals surface area contributed by atoms with Crippen LogP contribution in [0.25, 0.3) is 4.96 Å². The Morgan fingerprint density at radius 1 is 1.43 bits per heavy atom. The minimum atomic E-state index is -1.36. The van der Waals surface area contributed by atoms with Gasteiger partial charge in [-0.15, -0.1) is 5.10 Å². The summed E-state index contributed by atoms with van der Waals surface area (Å²) in [5.74, 6) is -0.110. The topological polar surface area (TPSA) is 59.3 Å². The average molecular weight is 324 g/mol. The van der Waals surface area contributed by atoms with Gasteiger partial charge in [-0.2, -0.15) is 0 Å². The fourth-order valence-electron chi connectivity index (χ4n) is 1.87. The van der Waals surface area contributed by atoms with Crippen LogP contribution in [-0.2, 0) is 10.8 Å². The molecular weight excluding hydrogens is 311 g/mol. The van der Waals surface area contributed by atoms with E-state index in [1.807, 2.05) is 13.1 Å². The van der Waals surface area contributed by atoms with Crippen LogP contribution in [0.15, 0.2) is 35.4 Å². The molecule has 2 heterocycles. The Morgan fingerprint density at radius 3 is 3.00 bits per heavy atom. The largest absolute Gasteiger partial charge is 0.359 e. The second-order valence-corrected chi connectivity index (χ2v) is 6.92. The van der Waals surface area contributed by atoms with Crippen molar-refractivity contribution in [1.82, 2.24) is 14.6 Å². The SMILES string of the molecule is Cc1cn2nc(NCC[S@](=O)c3ccccc3F)sc2n1. The lowest BCUT2D eigenvalue weighted by atomic mass is 10.3. The molecule has 21 heavy (non-hydrogen) atoms. The van der Waals surface area contributed by atoms with Crippen LogP contribution in [0.3, 0.4) is 0 Å². The van der Waals surface area contributed by atoms with Crippen LogP contribution in [0.4, 0.5) is 9.52 Å². The highest BCUT2D eigenvalue weighted by Crippen LogP contribution is 2.19. The van der Waals surface area contributed by atoms with Crippen LogP contribution in [0.2, 0.25) is 0 Å². The number of fused-ring (bicyclic) bond motifs is 1. The summed E-state index contributed by atoms with van der Waals surface area (Å²) in [5, 5.41) is 8.11. The van der Waals surface area contributed by atoms with E-state index in [9.17, 15) is 8.60 Å². The molecular formula is C13H13FN4OS2. The maximum absolute atomic E-state index is 13.5. The Bertz CT molecular complexity index is 767. The van der Waals surface area contributed by atoms with Crippen molar-refractivity contribution in [1.29, 1.82) is 0 Å². The van der Waals surface area contributed by atoms with Gasteiger partial charge in [0.2, 0.25) is 10.1 Å². The first-order valence-electron chi connectivity index (χ1n) is 6.33. The molecule has 3 rings (SSSR count). The van der Waals surface area contributed by atoms with Crippen LogP contribution in [0.1, 0.15) is 5.69 Å². The lowest BCUT2D eigenvalue weighted by Crippen LogP contribution is -2.12. The average Bonchev–Trinajstić information content (AvgIpc) is 2.95. The molecule has 1 N–H and O–H groups in total. The second-order valence-electron chi connectivity index (χ2n) is 4.42. The van der Waals surface area contributed by atoms with Gasteiger partial charge in [0.05, 0.1) is 27.6 Å². The first-order valence-corrected chi connectivity index (χ1v) is 8.46. The van der Waals surface area contributed by atoms with Gasteiger partial charge in [0, 0.05) is 12.3 Å². The van der Waals surface area contributed by atoms with Crippen molar-refractivity contribution in [2.45, 2.75) is 11.8 Å². The van der Waals surface area contributed by atoms with Gasteiger partial charge in [0.1, 0.15) is 5.82 Å². The molecule has 3 aromatic rings. The molecule has 0 aliphatic heterocycles. The highest BCUT2D eigenvalue weighted by molar-refractivity contribution is 7.85. The molecule has 1 atom stereocenters. The van der Waals surface area contributed by atoms with Crippen LogP contribution in [0, 0.1) is 12.7 Å². The molecule has 0 fully saturated rings. The summed E-state index contributed by atoms with van der Waals surface area (Å²) in [6.07, 6.45) is 1.84. The summed E-state index contributed by atoms with van der Waals surface area (Å²) in [6.45, 7) is 2.36.